The highest BCUT2D eigenvalue weighted by Gasteiger charge is 2.37. The first-order valence-electron chi connectivity index (χ1n) is 9.24. The van der Waals surface area contributed by atoms with E-state index in [0.29, 0.717) is 25.8 Å². The zero-order chi connectivity index (χ0) is 19.8. The first kappa shape index (κ1) is 20.9. The van der Waals surface area contributed by atoms with E-state index in [1.54, 1.807) is 6.92 Å². The lowest BCUT2D eigenvalue weighted by atomic mass is 10.0. The van der Waals surface area contributed by atoms with Gasteiger partial charge in [0.15, 0.2) is 0 Å². The van der Waals surface area contributed by atoms with E-state index in [-0.39, 0.29) is 5.91 Å². The van der Waals surface area contributed by atoms with E-state index in [1.807, 2.05) is 30.3 Å². The highest BCUT2D eigenvalue weighted by molar-refractivity contribution is 5.88. The Balaban J connectivity index is 1.99. The van der Waals surface area contributed by atoms with Crippen molar-refractivity contribution in [3.8, 4) is 0 Å². The number of carbonyl (C=O) groups excluding carboxylic acids is 3. The Bertz CT molecular complexity index is 649. The molecule has 0 aromatic heterocycles. The molecular formula is C20H28N2O5. The van der Waals surface area contributed by atoms with Gasteiger partial charge in [0.1, 0.15) is 12.1 Å². The molecule has 1 amide bonds. The SMILES string of the molecule is COC(=O)C(CCc1ccccc1)N[C@@H](C)C(=O)N1CCC[C@H]1C(=O)OC. The molecule has 1 unspecified atom stereocenters. The normalized spacial score (nSPS) is 18.6. The van der Waals surface area contributed by atoms with Gasteiger partial charge in [0, 0.05) is 6.54 Å². The molecule has 3 atom stereocenters. The first-order valence-corrected chi connectivity index (χ1v) is 9.24. The minimum absolute atomic E-state index is 0.212. The van der Waals surface area contributed by atoms with Crippen LogP contribution < -0.4 is 5.32 Å². The van der Waals surface area contributed by atoms with E-state index in [1.165, 1.54) is 19.1 Å². The van der Waals surface area contributed by atoms with Gasteiger partial charge in [-0.15, -0.1) is 0 Å². The molecule has 1 saturated heterocycles. The summed E-state index contributed by atoms with van der Waals surface area (Å²) in [5, 5.41) is 3.07. The average Bonchev–Trinajstić information content (AvgIpc) is 3.19. The number of hydrogen-bond donors (Lipinski definition) is 1. The second-order valence-corrected chi connectivity index (χ2v) is 6.70. The van der Waals surface area contributed by atoms with E-state index in [2.05, 4.69) is 5.32 Å². The molecule has 0 aliphatic carbocycles. The van der Waals surface area contributed by atoms with Crippen LogP contribution in [0, 0.1) is 0 Å². The third-order valence-electron chi connectivity index (χ3n) is 4.88. The Morgan fingerprint density at radius 2 is 1.89 bits per heavy atom. The minimum atomic E-state index is -0.616. The molecule has 7 heteroatoms. The number of carbonyl (C=O) groups is 3. The molecule has 1 aliphatic rings. The lowest BCUT2D eigenvalue weighted by molar-refractivity contribution is -0.152. The van der Waals surface area contributed by atoms with Crippen LogP contribution in [-0.4, -0.2) is 61.6 Å². The van der Waals surface area contributed by atoms with Crippen LogP contribution in [0.3, 0.4) is 0 Å². The van der Waals surface area contributed by atoms with Crippen LogP contribution in [0.5, 0.6) is 0 Å². The van der Waals surface area contributed by atoms with Crippen molar-refractivity contribution in [3.05, 3.63) is 35.9 Å². The van der Waals surface area contributed by atoms with Gasteiger partial charge in [-0.2, -0.15) is 0 Å². The minimum Gasteiger partial charge on any atom is -0.468 e. The standard InChI is InChI=1S/C20H28N2O5/c1-14(18(23)22-13-7-10-17(22)20(25)27-3)21-16(19(24)26-2)12-11-15-8-5-4-6-9-15/h4-6,8-9,14,16-17,21H,7,10-13H2,1-3H3/t14-,16?,17-/m0/s1. The lowest BCUT2D eigenvalue weighted by Gasteiger charge is -2.28. The Kier molecular flexibility index (Phi) is 7.79. The summed E-state index contributed by atoms with van der Waals surface area (Å²) in [7, 11) is 2.65. The van der Waals surface area contributed by atoms with Gasteiger partial charge < -0.3 is 14.4 Å². The van der Waals surface area contributed by atoms with Crippen molar-refractivity contribution in [2.24, 2.45) is 0 Å². The maximum absolute atomic E-state index is 12.8. The van der Waals surface area contributed by atoms with Gasteiger partial charge in [-0.05, 0) is 38.2 Å². The van der Waals surface area contributed by atoms with Gasteiger partial charge in [-0.1, -0.05) is 30.3 Å². The largest absolute Gasteiger partial charge is 0.468 e. The van der Waals surface area contributed by atoms with Crippen molar-refractivity contribution >= 4 is 17.8 Å². The van der Waals surface area contributed by atoms with Crippen LogP contribution in [-0.2, 0) is 30.3 Å². The molecule has 7 nitrogen and oxygen atoms in total. The third-order valence-corrected chi connectivity index (χ3v) is 4.88. The topological polar surface area (TPSA) is 84.9 Å². The molecule has 0 radical (unpaired) electrons. The van der Waals surface area contributed by atoms with Gasteiger partial charge in [0.2, 0.25) is 5.91 Å². The fourth-order valence-electron chi connectivity index (χ4n) is 3.40. The summed E-state index contributed by atoms with van der Waals surface area (Å²) in [4.78, 5) is 38.4. The maximum Gasteiger partial charge on any atom is 0.328 e. The quantitative estimate of drug-likeness (QED) is 0.689. The highest BCUT2D eigenvalue weighted by Crippen LogP contribution is 2.19. The fraction of sp³-hybridized carbons (Fsp3) is 0.550. The Hall–Kier alpha value is -2.41. The predicted octanol–water partition coefficient (Wildman–Crippen LogP) is 1.30. The maximum atomic E-state index is 12.8. The molecule has 1 aliphatic heterocycles. The summed E-state index contributed by atoms with van der Waals surface area (Å²) in [5.74, 6) is -1.02. The Morgan fingerprint density at radius 1 is 1.19 bits per heavy atom. The van der Waals surface area contributed by atoms with Gasteiger partial charge >= 0.3 is 11.9 Å². The van der Waals surface area contributed by atoms with E-state index in [9.17, 15) is 14.4 Å². The number of nitrogens with zero attached hydrogens (tertiary/aromatic N) is 1. The Morgan fingerprint density at radius 3 is 2.52 bits per heavy atom. The molecule has 2 rings (SSSR count). The molecule has 1 aromatic carbocycles. The summed E-state index contributed by atoms with van der Waals surface area (Å²) in [5.41, 5.74) is 1.11. The van der Waals surface area contributed by atoms with Crippen molar-refractivity contribution in [1.82, 2.24) is 10.2 Å². The van der Waals surface area contributed by atoms with Crippen LogP contribution in [0.4, 0.5) is 0 Å². The summed E-state index contributed by atoms with van der Waals surface area (Å²) in [6, 6.07) is 8.05. The van der Waals surface area contributed by atoms with E-state index in [0.717, 1.165) is 12.0 Å². The van der Waals surface area contributed by atoms with Crippen molar-refractivity contribution in [3.63, 3.8) is 0 Å². The highest BCUT2D eigenvalue weighted by atomic mass is 16.5. The van der Waals surface area contributed by atoms with Gasteiger partial charge in [-0.25, -0.2) is 4.79 Å². The van der Waals surface area contributed by atoms with Crippen molar-refractivity contribution in [2.75, 3.05) is 20.8 Å². The smallest absolute Gasteiger partial charge is 0.328 e. The molecule has 0 saturated carbocycles. The van der Waals surface area contributed by atoms with Gasteiger partial charge in [-0.3, -0.25) is 14.9 Å². The number of esters is 2. The average molecular weight is 376 g/mol. The van der Waals surface area contributed by atoms with E-state index >= 15 is 0 Å². The number of hydrogen-bond acceptors (Lipinski definition) is 6. The number of rotatable bonds is 8. The second-order valence-electron chi connectivity index (χ2n) is 6.70. The monoisotopic (exact) mass is 376 g/mol. The number of likely N-dealkylation sites (tertiary alicyclic amines) is 1. The number of ether oxygens (including phenoxy) is 2. The molecule has 1 fully saturated rings. The van der Waals surface area contributed by atoms with Crippen molar-refractivity contribution < 1.29 is 23.9 Å². The molecule has 1 heterocycles. The van der Waals surface area contributed by atoms with E-state index < -0.39 is 30.1 Å². The predicted molar refractivity (Wildman–Crippen MR) is 99.9 cm³/mol. The van der Waals surface area contributed by atoms with Crippen LogP contribution in [0.1, 0.15) is 31.7 Å². The number of benzene rings is 1. The summed E-state index contributed by atoms with van der Waals surface area (Å²) in [6.07, 6.45) is 2.55. The molecule has 1 aromatic rings. The number of nitrogens with one attached hydrogen (secondary N) is 1. The first-order chi connectivity index (χ1) is 13.0. The molecule has 27 heavy (non-hydrogen) atoms. The second kappa shape index (κ2) is 10.1. The zero-order valence-corrected chi connectivity index (χ0v) is 16.1. The number of amides is 1. The summed E-state index contributed by atoms with van der Waals surface area (Å²) in [6.45, 7) is 2.21. The van der Waals surface area contributed by atoms with Crippen LogP contribution in [0.2, 0.25) is 0 Å². The molecule has 1 N–H and O–H groups in total. The summed E-state index contributed by atoms with van der Waals surface area (Å²) < 4.78 is 9.67. The van der Waals surface area contributed by atoms with Gasteiger partial charge in [0.05, 0.1) is 20.3 Å². The lowest BCUT2D eigenvalue weighted by Crippen LogP contribution is -2.53. The van der Waals surface area contributed by atoms with Crippen LogP contribution >= 0.6 is 0 Å². The third kappa shape index (κ3) is 5.53. The van der Waals surface area contributed by atoms with E-state index in [4.69, 9.17) is 9.47 Å². The summed E-state index contributed by atoms with van der Waals surface area (Å²) >= 11 is 0. The van der Waals surface area contributed by atoms with Crippen LogP contribution in [0.25, 0.3) is 0 Å². The molecule has 148 valence electrons. The van der Waals surface area contributed by atoms with Crippen molar-refractivity contribution in [1.29, 1.82) is 0 Å². The number of aryl methyl sites for hydroxylation is 1. The van der Waals surface area contributed by atoms with Crippen LogP contribution in [0.15, 0.2) is 30.3 Å². The molecular weight excluding hydrogens is 348 g/mol. The van der Waals surface area contributed by atoms with Gasteiger partial charge in [0.25, 0.3) is 0 Å². The van der Waals surface area contributed by atoms with Crippen molar-refractivity contribution in [2.45, 2.75) is 50.7 Å². The number of methoxy groups -OCH3 is 2. The zero-order valence-electron chi connectivity index (χ0n) is 16.1. The molecule has 0 spiro atoms. The molecule has 0 bridgehead atoms. The Labute approximate surface area is 160 Å². The fourth-order valence-corrected chi connectivity index (χ4v) is 3.40.